The second-order valence-corrected chi connectivity index (χ2v) is 14.2. The summed E-state index contributed by atoms with van der Waals surface area (Å²) in [5.41, 5.74) is 4.85. The van der Waals surface area contributed by atoms with Gasteiger partial charge < -0.3 is 24.3 Å². The van der Waals surface area contributed by atoms with Crippen LogP contribution in [-0.4, -0.2) is 85.5 Å². The summed E-state index contributed by atoms with van der Waals surface area (Å²) in [7, 11) is 0. The highest BCUT2D eigenvalue weighted by Crippen LogP contribution is 2.57. The number of likely N-dealkylation sites (tertiary alicyclic amines) is 2. The van der Waals surface area contributed by atoms with Crippen molar-refractivity contribution in [2.75, 3.05) is 62.2 Å². The topological polar surface area (TPSA) is 97.2 Å². The molecule has 0 bridgehead atoms. The molecule has 47 heavy (non-hydrogen) atoms. The van der Waals surface area contributed by atoms with Gasteiger partial charge in [-0.05, 0) is 50.3 Å². The minimum atomic E-state index is -1.09. The number of hydrogen-bond donors (Lipinski definition) is 1. The first kappa shape index (κ1) is 28.6. The first-order chi connectivity index (χ1) is 22.8. The molecule has 0 radical (unpaired) electrons. The average molecular weight is 630 g/mol. The molecular weight excluding hydrogens is 590 g/mol. The van der Waals surface area contributed by atoms with E-state index in [1.54, 1.807) is 0 Å². The molecule has 5 heterocycles. The van der Waals surface area contributed by atoms with Gasteiger partial charge in [-0.3, -0.25) is 19.8 Å². The van der Waals surface area contributed by atoms with Crippen LogP contribution in [0.1, 0.15) is 58.3 Å². The third kappa shape index (κ3) is 4.14. The Morgan fingerprint density at radius 3 is 1.68 bits per heavy atom. The molecule has 9 nitrogen and oxygen atoms in total. The minimum Gasteiger partial charge on any atom is -0.457 e. The maximum absolute atomic E-state index is 13.7. The fourth-order valence-electron chi connectivity index (χ4n) is 8.72. The lowest BCUT2D eigenvalue weighted by molar-refractivity contribution is -0.136. The van der Waals surface area contributed by atoms with Crippen LogP contribution in [0.15, 0.2) is 54.6 Å². The Bertz CT molecular complexity index is 1770. The zero-order valence-corrected chi connectivity index (χ0v) is 26.8. The van der Waals surface area contributed by atoms with Gasteiger partial charge in [-0.2, -0.15) is 0 Å². The summed E-state index contributed by atoms with van der Waals surface area (Å²) >= 11 is 0. The summed E-state index contributed by atoms with van der Waals surface area (Å²) in [4.78, 5) is 48.1. The highest BCUT2D eigenvalue weighted by Gasteiger charge is 2.56. The van der Waals surface area contributed by atoms with Gasteiger partial charge in [0.15, 0.2) is 0 Å². The van der Waals surface area contributed by atoms with E-state index in [9.17, 15) is 19.8 Å². The van der Waals surface area contributed by atoms with Gasteiger partial charge in [-0.1, -0.05) is 35.9 Å². The van der Waals surface area contributed by atoms with Crippen LogP contribution < -0.4 is 14.5 Å². The van der Waals surface area contributed by atoms with Crippen LogP contribution >= 0.6 is 0 Å². The van der Waals surface area contributed by atoms with Crippen LogP contribution in [-0.2, 0) is 15.0 Å². The second kappa shape index (κ2) is 10.4. The number of carbonyl (C=O) groups is 3. The van der Waals surface area contributed by atoms with Gasteiger partial charge in [0, 0.05) is 92.6 Å². The molecule has 4 fully saturated rings. The molecule has 1 N–H and O–H groups in total. The quantitative estimate of drug-likeness (QED) is 0.447. The number of fused-ring (bicyclic) bond motifs is 6. The molecule has 0 unspecified atom stereocenters. The van der Waals surface area contributed by atoms with Crippen LogP contribution in [0.3, 0.4) is 0 Å². The second-order valence-electron chi connectivity index (χ2n) is 14.2. The molecule has 4 saturated heterocycles. The van der Waals surface area contributed by atoms with Gasteiger partial charge >= 0.3 is 0 Å². The lowest BCUT2D eigenvalue weighted by Crippen LogP contribution is -2.54. The Balaban J connectivity index is 1.07. The van der Waals surface area contributed by atoms with Crippen LogP contribution in [0.25, 0.3) is 0 Å². The minimum absolute atomic E-state index is 0.00728. The van der Waals surface area contributed by atoms with Gasteiger partial charge in [0.2, 0.25) is 17.6 Å². The smallest absolute Gasteiger partial charge is 0.229 e. The predicted octanol–water partition coefficient (Wildman–Crippen LogP) is 4.77. The Morgan fingerprint density at radius 1 is 0.702 bits per heavy atom. The molecule has 240 valence electrons. The van der Waals surface area contributed by atoms with Crippen molar-refractivity contribution >= 4 is 34.7 Å². The number of nitrogens with one attached hydrogen (secondary N) is 1. The molecule has 6 aliphatic rings. The number of benzene rings is 3. The van der Waals surface area contributed by atoms with E-state index in [-0.39, 0.29) is 35.1 Å². The summed E-state index contributed by atoms with van der Waals surface area (Å²) in [5.74, 6) is 1.52. The maximum atomic E-state index is 13.7. The van der Waals surface area contributed by atoms with Crippen molar-refractivity contribution in [3.63, 3.8) is 0 Å². The molecule has 9 heteroatoms. The van der Waals surface area contributed by atoms with E-state index in [0.717, 1.165) is 85.5 Å². The third-order valence-electron chi connectivity index (χ3n) is 11.4. The monoisotopic (exact) mass is 629 g/mol. The van der Waals surface area contributed by atoms with E-state index >= 15 is 0 Å². The molecule has 0 aromatic heterocycles. The number of nitrogens with zero attached hydrogens (tertiary/aromatic N) is 4. The van der Waals surface area contributed by atoms with Crippen LogP contribution in [0, 0.1) is 24.2 Å². The molecule has 3 aromatic carbocycles. The number of Topliss-reactive ketones (excluding diaryl/α,β-unsaturated/α-hetero) is 1. The van der Waals surface area contributed by atoms with Gasteiger partial charge in [0.25, 0.3) is 0 Å². The average Bonchev–Trinajstić information content (AvgIpc) is 3.80. The first-order valence-electron chi connectivity index (χ1n) is 17.1. The fraction of sp³-hybridized carbons (Fsp3) is 0.421. The zero-order chi connectivity index (χ0) is 32.0. The van der Waals surface area contributed by atoms with Crippen LogP contribution in [0.5, 0.6) is 11.5 Å². The number of aryl methyl sites for hydroxylation is 1. The van der Waals surface area contributed by atoms with E-state index in [2.05, 4.69) is 9.80 Å². The predicted molar refractivity (Wildman–Crippen MR) is 179 cm³/mol. The molecule has 3 aromatic rings. The molecule has 5 aliphatic heterocycles. The molecule has 0 atom stereocenters. The number of anilines is 2. The first-order valence-corrected chi connectivity index (χ1v) is 17.1. The van der Waals surface area contributed by atoms with Gasteiger partial charge in [-0.25, -0.2) is 0 Å². The van der Waals surface area contributed by atoms with Gasteiger partial charge in [0.05, 0.1) is 23.0 Å². The normalized spacial score (nSPS) is 21.4. The standard InChI is InChI=1S/C38H39N5O4/c1-23-6-9-28-31(16-23)38(35(39)34(28)44)29-10-7-26(42-19-24(20-42)36(45)40-12-2-3-13-40)17-32(29)47-33-18-27(8-11-30(33)38)43-21-25(22-43)37(46)41-14-4-5-15-41/h6-11,16-18,24-25,39H,2-5,12-15,19-22H2,1H3. The number of rotatable bonds is 4. The van der Waals surface area contributed by atoms with E-state index < -0.39 is 5.41 Å². The van der Waals surface area contributed by atoms with E-state index in [4.69, 9.17) is 4.74 Å². The summed E-state index contributed by atoms with van der Waals surface area (Å²) in [6, 6.07) is 18.0. The third-order valence-corrected chi connectivity index (χ3v) is 11.4. The van der Waals surface area contributed by atoms with Crippen molar-refractivity contribution in [2.45, 2.75) is 38.0 Å². The van der Waals surface area contributed by atoms with Crippen molar-refractivity contribution in [2.24, 2.45) is 11.8 Å². The fourth-order valence-corrected chi connectivity index (χ4v) is 8.72. The Morgan fingerprint density at radius 2 is 1.19 bits per heavy atom. The zero-order valence-electron chi connectivity index (χ0n) is 26.8. The summed E-state index contributed by atoms with van der Waals surface area (Å²) < 4.78 is 6.71. The number of carbonyl (C=O) groups excluding carboxylic acids is 3. The Hall–Kier alpha value is -4.66. The van der Waals surface area contributed by atoms with Crippen molar-refractivity contribution in [1.82, 2.24) is 9.80 Å². The van der Waals surface area contributed by atoms with Gasteiger partial charge in [0.1, 0.15) is 11.5 Å². The highest BCUT2D eigenvalue weighted by molar-refractivity contribution is 6.53. The van der Waals surface area contributed by atoms with Crippen LogP contribution in [0.4, 0.5) is 11.4 Å². The lowest BCUT2D eigenvalue weighted by atomic mass is 9.67. The molecule has 1 aliphatic carbocycles. The molecule has 9 rings (SSSR count). The number of ether oxygens (including phenoxy) is 1. The summed E-state index contributed by atoms with van der Waals surface area (Å²) in [5, 5.41) is 9.39. The van der Waals surface area contributed by atoms with Crippen molar-refractivity contribution < 1.29 is 19.1 Å². The van der Waals surface area contributed by atoms with Crippen molar-refractivity contribution in [3.05, 3.63) is 82.4 Å². The summed E-state index contributed by atoms with van der Waals surface area (Å²) in [6.45, 7) is 8.15. The van der Waals surface area contributed by atoms with E-state index in [0.29, 0.717) is 43.2 Å². The number of ketones is 1. The van der Waals surface area contributed by atoms with Gasteiger partial charge in [-0.15, -0.1) is 0 Å². The number of amides is 2. The summed E-state index contributed by atoms with van der Waals surface area (Å²) in [6.07, 6.45) is 4.35. The molecular formula is C38H39N5O4. The van der Waals surface area contributed by atoms with Crippen molar-refractivity contribution in [1.29, 1.82) is 5.41 Å². The Labute approximate surface area is 274 Å². The lowest BCUT2D eigenvalue weighted by Gasteiger charge is -2.44. The molecule has 1 spiro atoms. The highest BCUT2D eigenvalue weighted by atomic mass is 16.5. The Kier molecular flexibility index (Phi) is 6.33. The number of hydrogen-bond acceptors (Lipinski definition) is 7. The van der Waals surface area contributed by atoms with Crippen LogP contribution in [0.2, 0.25) is 0 Å². The maximum Gasteiger partial charge on any atom is 0.229 e. The largest absolute Gasteiger partial charge is 0.457 e. The van der Waals surface area contributed by atoms with E-state index in [1.165, 1.54) is 0 Å². The molecule has 0 saturated carbocycles. The SMILES string of the molecule is Cc1ccc2c(c1)C1(C(=N)C2=O)c2ccc(N3CC(C(=O)N4CCCC4)C3)cc2Oc2cc(N3CC(C(=O)N4CCCC4)C3)ccc21. The van der Waals surface area contributed by atoms with Crippen molar-refractivity contribution in [3.8, 4) is 11.5 Å². The van der Waals surface area contributed by atoms with E-state index in [1.807, 2.05) is 71.3 Å². The molecule has 2 amide bonds.